The molecule has 1 amide bonds. The van der Waals surface area contributed by atoms with Crippen LogP contribution in [0.1, 0.15) is 17.3 Å². The Balaban J connectivity index is 1.88. The summed E-state index contributed by atoms with van der Waals surface area (Å²) in [5, 5.41) is 6.16. The van der Waals surface area contributed by atoms with E-state index in [0.717, 1.165) is 31.0 Å². The fourth-order valence-corrected chi connectivity index (χ4v) is 3.20. The number of piperazine rings is 1. The number of hydrogen-bond donors (Lipinski definition) is 2. The van der Waals surface area contributed by atoms with Crippen LogP contribution in [0.2, 0.25) is 0 Å². The molecule has 0 bridgehead atoms. The average Bonchev–Trinajstić information content (AvgIpc) is 2.73. The second kappa shape index (κ2) is 4.14. The molecular formula is C11H15N3OS. The van der Waals surface area contributed by atoms with Crippen molar-refractivity contribution in [2.75, 3.05) is 18.8 Å². The summed E-state index contributed by atoms with van der Waals surface area (Å²) in [6.07, 6.45) is 2.12. The fourth-order valence-electron chi connectivity index (χ4n) is 2.27. The summed E-state index contributed by atoms with van der Waals surface area (Å²) in [7, 11) is 0. The Labute approximate surface area is 98.8 Å². The van der Waals surface area contributed by atoms with Crippen LogP contribution < -0.4 is 10.6 Å². The van der Waals surface area contributed by atoms with Crippen LogP contribution in [-0.2, 0) is 17.1 Å². The van der Waals surface area contributed by atoms with Crippen LogP contribution in [0.25, 0.3) is 0 Å². The van der Waals surface area contributed by atoms with Crippen molar-refractivity contribution in [3.63, 3.8) is 0 Å². The quantitative estimate of drug-likeness (QED) is 0.747. The van der Waals surface area contributed by atoms with E-state index in [1.54, 1.807) is 0 Å². The summed E-state index contributed by atoms with van der Waals surface area (Å²) < 4.78 is 2.27. The van der Waals surface area contributed by atoms with Crippen molar-refractivity contribution in [2.45, 2.75) is 18.3 Å². The van der Waals surface area contributed by atoms with Crippen LogP contribution in [-0.4, -0.2) is 29.3 Å². The molecule has 16 heavy (non-hydrogen) atoms. The van der Waals surface area contributed by atoms with E-state index in [1.807, 2.05) is 11.8 Å². The first-order valence-corrected chi connectivity index (χ1v) is 6.78. The predicted molar refractivity (Wildman–Crippen MR) is 64.3 cm³/mol. The van der Waals surface area contributed by atoms with Gasteiger partial charge in [-0.3, -0.25) is 4.79 Å². The van der Waals surface area contributed by atoms with Crippen LogP contribution in [0.5, 0.6) is 0 Å². The number of hydrogen-bond acceptors (Lipinski definition) is 3. The van der Waals surface area contributed by atoms with E-state index in [4.69, 9.17) is 0 Å². The van der Waals surface area contributed by atoms with Crippen molar-refractivity contribution in [1.82, 2.24) is 15.2 Å². The molecule has 0 saturated carbocycles. The number of nitrogens with one attached hydrogen (secondary N) is 2. The standard InChI is InChI=1S/C11H15N3OS/c15-11-10(12-1-2-13-11)8-5-9-7-16-4-3-14(9)6-8/h5-6,10,12H,1-4,7H2,(H,13,15). The summed E-state index contributed by atoms with van der Waals surface area (Å²) in [6.45, 7) is 2.65. The van der Waals surface area contributed by atoms with Crippen molar-refractivity contribution in [3.05, 3.63) is 23.5 Å². The van der Waals surface area contributed by atoms with E-state index in [1.165, 1.54) is 11.4 Å². The number of amides is 1. The monoisotopic (exact) mass is 237 g/mol. The van der Waals surface area contributed by atoms with Gasteiger partial charge in [-0.25, -0.2) is 0 Å². The predicted octanol–water partition coefficient (Wildman–Crippen LogP) is 0.495. The normalized spacial score (nSPS) is 25.0. The summed E-state index contributed by atoms with van der Waals surface area (Å²) in [4.78, 5) is 11.7. The van der Waals surface area contributed by atoms with E-state index in [9.17, 15) is 4.79 Å². The zero-order valence-electron chi connectivity index (χ0n) is 9.03. The fraction of sp³-hybridized carbons (Fsp3) is 0.545. The van der Waals surface area contributed by atoms with Gasteiger partial charge in [0.15, 0.2) is 0 Å². The van der Waals surface area contributed by atoms with Crippen molar-refractivity contribution >= 4 is 17.7 Å². The lowest BCUT2D eigenvalue weighted by atomic mass is 10.1. The van der Waals surface area contributed by atoms with Gasteiger partial charge in [-0.15, -0.1) is 0 Å². The average molecular weight is 237 g/mol. The maximum absolute atomic E-state index is 11.7. The van der Waals surface area contributed by atoms with Gasteiger partial charge in [0.25, 0.3) is 0 Å². The molecule has 3 rings (SSSR count). The third-order valence-corrected chi connectivity index (χ3v) is 4.07. The van der Waals surface area contributed by atoms with Crippen LogP contribution in [0.3, 0.4) is 0 Å². The first-order chi connectivity index (χ1) is 7.84. The zero-order valence-corrected chi connectivity index (χ0v) is 9.85. The summed E-state index contributed by atoms with van der Waals surface area (Å²) in [6, 6.07) is 2.01. The Morgan fingerprint density at radius 3 is 3.19 bits per heavy atom. The van der Waals surface area contributed by atoms with Gasteiger partial charge < -0.3 is 15.2 Å². The summed E-state index contributed by atoms with van der Waals surface area (Å²) >= 11 is 1.96. The third-order valence-electron chi connectivity index (χ3n) is 3.10. The lowest BCUT2D eigenvalue weighted by Gasteiger charge is -2.22. The van der Waals surface area contributed by atoms with E-state index in [2.05, 4.69) is 27.5 Å². The molecule has 0 aliphatic carbocycles. The van der Waals surface area contributed by atoms with Gasteiger partial charge in [0.05, 0.1) is 0 Å². The van der Waals surface area contributed by atoms with Gasteiger partial charge in [-0.1, -0.05) is 0 Å². The number of rotatable bonds is 1. The number of carbonyl (C=O) groups is 1. The van der Waals surface area contributed by atoms with Gasteiger partial charge in [0, 0.05) is 43.0 Å². The Morgan fingerprint density at radius 1 is 1.44 bits per heavy atom. The number of thioether (sulfide) groups is 1. The van der Waals surface area contributed by atoms with Gasteiger partial charge >= 0.3 is 0 Å². The maximum atomic E-state index is 11.7. The lowest BCUT2D eigenvalue weighted by molar-refractivity contribution is -0.124. The molecule has 1 aromatic rings. The van der Waals surface area contributed by atoms with Crippen LogP contribution >= 0.6 is 11.8 Å². The second-order valence-electron chi connectivity index (χ2n) is 4.19. The Kier molecular flexibility index (Phi) is 2.65. The van der Waals surface area contributed by atoms with Crippen molar-refractivity contribution in [3.8, 4) is 0 Å². The van der Waals surface area contributed by atoms with Crippen molar-refractivity contribution in [1.29, 1.82) is 0 Å². The van der Waals surface area contributed by atoms with Crippen LogP contribution in [0, 0.1) is 0 Å². The number of aryl methyl sites for hydroxylation is 1. The Morgan fingerprint density at radius 2 is 2.38 bits per heavy atom. The number of aromatic nitrogens is 1. The number of fused-ring (bicyclic) bond motifs is 1. The molecule has 0 radical (unpaired) electrons. The topological polar surface area (TPSA) is 46.1 Å². The molecule has 3 heterocycles. The highest BCUT2D eigenvalue weighted by atomic mass is 32.2. The van der Waals surface area contributed by atoms with Crippen LogP contribution in [0.15, 0.2) is 12.3 Å². The molecule has 1 aromatic heterocycles. The Hall–Kier alpha value is -0.940. The molecule has 1 atom stereocenters. The first kappa shape index (κ1) is 10.2. The largest absolute Gasteiger partial charge is 0.353 e. The first-order valence-electron chi connectivity index (χ1n) is 5.62. The van der Waals surface area contributed by atoms with E-state index in [0.29, 0.717) is 0 Å². The molecule has 0 spiro atoms. The van der Waals surface area contributed by atoms with Crippen molar-refractivity contribution in [2.24, 2.45) is 0 Å². The molecule has 1 fully saturated rings. The highest BCUT2D eigenvalue weighted by Gasteiger charge is 2.25. The molecule has 1 unspecified atom stereocenters. The van der Waals surface area contributed by atoms with Crippen molar-refractivity contribution < 1.29 is 4.79 Å². The minimum absolute atomic E-state index is 0.0989. The van der Waals surface area contributed by atoms with Gasteiger partial charge in [-0.05, 0) is 11.6 Å². The molecule has 0 aromatic carbocycles. The van der Waals surface area contributed by atoms with Gasteiger partial charge in [0.1, 0.15) is 6.04 Å². The molecule has 2 aliphatic heterocycles. The lowest BCUT2D eigenvalue weighted by Crippen LogP contribution is -2.47. The molecular weight excluding hydrogens is 222 g/mol. The minimum Gasteiger partial charge on any atom is -0.353 e. The molecule has 1 saturated heterocycles. The smallest absolute Gasteiger partial charge is 0.241 e. The molecule has 2 aliphatic rings. The minimum atomic E-state index is -0.156. The number of nitrogens with zero attached hydrogens (tertiary/aromatic N) is 1. The molecule has 4 nitrogen and oxygen atoms in total. The maximum Gasteiger partial charge on any atom is 0.241 e. The SMILES string of the molecule is O=C1NCCNC1c1cc2n(c1)CCSC2. The molecule has 86 valence electrons. The highest BCUT2D eigenvalue weighted by Crippen LogP contribution is 2.25. The molecule has 5 heteroatoms. The molecule has 2 N–H and O–H groups in total. The van der Waals surface area contributed by atoms with E-state index in [-0.39, 0.29) is 11.9 Å². The van der Waals surface area contributed by atoms with Crippen LogP contribution in [0.4, 0.5) is 0 Å². The highest BCUT2D eigenvalue weighted by molar-refractivity contribution is 7.98. The van der Waals surface area contributed by atoms with Gasteiger partial charge in [0.2, 0.25) is 5.91 Å². The van der Waals surface area contributed by atoms with E-state index < -0.39 is 0 Å². The number of carbonyl (C=O) groups excluding carboxylic acids is 1. The summed E-state index contributed by atoms with van der Waals surface area (Å²) in [5.41, 5.74) is 2.45. The van der Waals surface area contributed by atoms with Gasteiger partial charge in [-0.2, -0.15) is 11.8 Å². The third kappa shape index (κ3) is 1.74. The summed E-state index contributed by atoms with van der Waals surface area (Å²) in [5.74, 6) is 2.33. The zero-order chi connectivity index (χ0) is 11.0. The second-order valence-corrected chi connectivity index (χ2v) is 5.29. The Bertz CT molecular complexity index is 392. The van der Waals surface area contributed by atoms with E-state index >= 15 is 0 Å².